The fourth-order valence-electron chi connectivity index (χ4n) is 2.52. The van der Waals surface area contributed by atoms with E-state index in [9.17, 15) is 14.0 Å². The van der Waals surface area contributed by atoms with E-state index in [2.05, 4.69) is 10.3 Å². The molecule has 1 N–H and O–H groups in total. The normalized spacial score (nSPS) is 20.7. The summed E-state index contributed by atoms with van der Waals surface area (Å²) < 4.78 is 13.3. The largest absolute Gasteiger partial charge is 0.325 e. The summed E-state index contributed by atoms with van der Waals surface area (Å²) in [6, 6.07) is 6.95. The maximum Gasteiger partial charge on any atom is 0.325 e. The zero-order chi connectivity index (χ0) is 16.6. The molecule has 118 valence electrons. The number of amides is 3. The van der Waals surface area contributed by atoms with Crippen LogP contribution in [0.2, 0.25) is 5.02 Å². The van der Waals surface area contributed by atoms with Crippen molar-refractivity contribution in [3.8, 4) is 0 Å². The summed E-state index contributed by atoms with van der Waals surface area (Å²) >= 11 is 5.78. The van der Waals surface area contributed by atoms with Crippen LogP contribution in [0.5, 0.6) is 0 Å². The topological polar surface area (TPSA) is 62.3 Å². The molecule has 1 aromatic carbocycles. The molecule has 1 aromatic heterocycles. The van der Waals surface area contributed by atoms with Crippen molar-refractivity contribution < 1.29 is 14.0 Å². The monoisotopic (exact) mass is 333 g/mol. The van der Waals surface area contributed by atoms with Gasteiger partial charge in [-0.15, -0.1) is 0 Å². The number of carbonyl (C=O) groups excluding carboxylic acids is 2. The van der Waals surface area contributed by atoms with E-state index in [0.717, 1.165) is 10.5 Å². The molecule has 7 heteroatoms. The Hall–Kier alpha value is -2.47. The fourth-order valence-corrected chi connectivity index (χ4v) is 2.70. The molecule has 1 unspecified atom stereocenters. The molecule has 2 aromatic rings. The van der Waals surface area contributed by atoms with Gasteiger partial charge < -0.3 is 5.32 Å². The van der Waals surface area contributed by atoms with E-state index in [4.69, 9.17) is 11.6 Å². The van der Waals surface area contributed by atoms with E-state index in [1.165, 1.54) is 18.2 Å². The Bertz CT molecular complexity index is 784. The number of nitrogens with one attached hydrogen (secondary N) is 1. The third-order valence-corrected chi connectivity index (χ3v) is 4.13. The van der Waals surface area contributed by atoms with E-state index in [1.807, 2.05) is 0 Å². The van der Waals surface area contributed by atoms with Crippen molar-refractivity contribution >= 4 is 23.5 Å². The van der Waals surface area contributed by atoms with Gasteiger partial charge >= 0.3 is 6.03 Å². The van der Waals surface area contributed by atoms with E-state index in [0.29, 0.717) is 5.56 Å². The number of carbonyl (C=O) groups is 2. The number of aromatic nitrogens is 1. The van der Waals surface area contributed by atoms with E-state index in [1.54, 1.807) is 31.5 Å². The Morgan fingerprint density at radius 3 is 2.78 bits per heavy atom. The van der Waals surface area contributed by atoms with Crippen LogP contribution in [0.25, 0.3) is 0 Å². The van der Waals surface area contributed by atoms with Gasteiger partial charge in [-0.3, -0.25) is 14.7 Å². The lowest BCUT2D eigenvalue weighted by Gasteiger charge is -2.22. The minimum absolute atomic E-state index is 0.100. The van der Waals surface area contributed by atoms with Crippen LogP contribution in [0.1, 0.15) is 18.1 Å². The summed E-state index contributed by atoms with van der Waals surface area (Å²) in [4.78, 5) is 30.0. The Morgan fingerprint density at radius 2 is 2.13 bits per heavy atom. The molecule has 1 atom stereocenters. The van der Waals surface area contributed by atoms with Crippen LogP contribution in [0.4, 0.5) is 9.18 Å². The molecule has 3 amide bonds. The maximum atomic E-state index is 13.3. The quantitative estimate of drug-likeness (QED) is 0.879. The minimum Gasteiger partial charge on any atom is -0.319 e. The van der Waals surface area contributed by atoms with Crippen LogP contribution in [0, 0.1) is 5.82 Å². The lowest BCUT2D eigenvalue weighted by Crippen LogP contribution is -2.40. The zero-order valence-corrected chi connectivity index (χ0v) is 13.0. The Balaban J connectivity index is 1.92. The molecule has 1 aliphatic heterocycles. The zero-order valence-electron chi connectivity index (χ0n) is 12.2. The lowest BCUT2D eigenvalue weighted by atomic mass is 9.92. The molecule has 0 bridgehead atoms. The molecule has 2 heterocycles. The van der Waals surface area contributed by atoms with Gasteiger partial charge in [0.05, 0.1) is 11.6 Å². The highest BCUT2D eigenvalue weighted by molar-refractivity contribution is 6.30. The van der Waals surface area contributed by atoms with E-state index < -0.39 is 23.3 Å². The molecule has 0 spiro atoms. The molecule has 23 heavy (non-hydrogen) atoms. The Kier molecular flexibility index (Phi) is 3.77. The first kappa shape index (κ1) is 15.4. The van der Waals surface area contributed by atoms with Gasteiger partial charge in [0.2, 0.25) is 0 Å². The molecular weight excluding hydrogens is 321 g/mol. The van der Waals surface area contributed by atoms with Crippen molar-refractivity contribution in [2.45, 2.75) is 19.0 Å². The molecular formula is C16H13ClFN3O2. The first-order chi connectivity index (χ1) is 10.9. The predicted octanol–water partition coefficient (Wildman–Crippen LogP) is 2.84. The van der Waals surface area contributed by atoms with Crippen molar-refractivity contribution in [3.63, 3.8) is 0 Å². The van der Waals surface area contributed by atoms with Gasteiger partial charge in [0.15, 0.2) is 0 Å². The van der Waals surface area contributed by atoms with Crippen LogP contribution >= 0.6 is 11.6 Å². The molecule has 0 saturated carbocycles. The second kappa shape index (κ2) is 5.62. The number of urea groups is 1. The van der Waals surface area contributed by atoms with Crippen LogP contribution in [0.15, 0.2) is 42.7 Å². The number of rotatable bonds is 3. The average molecular weight is 334 g/mol. The third kappa shape index (κ3) is 2.66. The number of pyridine rings is 1. The van der Waals surface area contributed by atoms with Gasteiger partial charge in [0.1, 0.15) is 11.4 Å². The summed E-state index contributed by atoms with van der Waals surface area (Å²) in [5.41, 5.74) is -0.121. The highest BCUT2D eigenvalue weighted by atomic mass is 35.5. The summed E-state index contributed by atoms with van der Waals surface area (Å²) in [6.07, 6.45) is 3.20. The van der Waals surface area contributed by atoms with Gasteiger partial charge in [0.25, 0.3) is 5.91 Å². The van der Waals surface area contributed by atoms with Crippen LogP contribution < -0.4 is 5.32 Å². The summed E-state index contributed by atoms with van der Waals surface area (Å²) in [7, 11) is 0. The van der Waals surface area contributed by atoms with Crippen molar-refractivity contribution in [2.75, 3.05) is 0 Å². The first-order valence-corrected chi connectivity index (χ1v) is 7.28. The van der Waals surface area contributed by atoms with E-state index >= 15 is 0 Å². The van der Waals surface area contributed by atoms with Crippen LogP contribution in [-0.4, -0.2) is 21.8 Å². The highest BCUT2D eigenvalue weighted by Crippen LogP contribution is 2.31. The van der Waals surface area contributed by atoms with Crippen molar-refractivity contribution in [2.24, 2.45) is 0 Å². The summed E-state index contributed by atoms with van der Waals surface area (Å²) in [6.45, 7) is 1.68. The predicted molar refractivity (Wildman–Crippen MR) is 82.1 cm³/mol. The number of hydrogen-bond donors (Lipinski definition) is 1. The SMILES string of the molecule is CC1(c2ccc(F)c(Cl)c2)NC(=O)N(Cc2cccnc2)C1=O. The van der Waals surface area contributed by atoms with Crippen molar-refractivity contribution in [1.82, 2.24) is 15.2 Å². The summed E-state index contributed by atoms with van der Waals surface area (Å²) in [5, 5.41) is 2.55. The van der Waals surface area contributed by atoms with Gasteiger partial charge in [-0.2, -0.15) is 0 Å². The second-order valence-corrected chi connectivity index (χ2v) is 5.84. The fraction of sp³-hybridized carbons (Fsp3) is 0.188. The molecule has 0 radical (unpaired) electrons. The standard InChI is InChI=1S/C16H13ClFN3O2/c1-16(11-4-5-13(18)12(17)7-11)14(22)21(15(23)20-16)9-10-3-2-6-19-8-10/h2-8H,9H2,1H3,(H,20,23). The summed E-state index contributed by atoms with van der Waals surface area (Å²) in [5.74, 6) is -1.00. The van der Waals surface area contributed by atoms with Crippen LogP contribution in [-0.2, 0) is 16.9 Å². The number of hydrogen-bond acceptors (Lipinski definition) is 3. The van der Waals surface area contributed by atoms with Crippen molar-refractivity contribution in [1.29, 1.82) is 0 Å². The minimum atomic E-state index is -1.28. The molecule has 5 nitrogen and oxygen atoms in total. The second-order valence-electron chi connectivity index (χ2n) is 5.44. The van der Waals surface area contributed by atoms with E-state index in [-0.39, 0.29) is 11.6 Å². The molecule has 0 aliphatic carbocycles. The Labute approximate surface area is 137 Å². The number of halogens is 2. The Morgan fingerprint density at radius 1 is 1.35 bits per heavy atom. The van der Waals surface area contributed by atoms with Gasteiger partial charge in [-0.1, -0.05) is 23.7 Å². The first-order valence-electron chi connectivity index (χ1n) is 6.90. The molecule has 1 fully saturated rings. The number of nitrogens with zero attached hydrogens (tertiary/aromatic N) is 2. The molecule has 1 saturated heterocycles. The number of imide groups is 1. The highest BCUT2D eigenvalue weighted by Gasteiger charge is 2.49. The molecule has 1 aliphatic rings. The van der Waals surface area contributed by atoms with Gasteiger partial charge in [-0.05, 0) is 36.2 Å². The van der Waals surface area contributed by atoms with Gasteiger partial charge in [0, 0.05) is 12.4 Å². The maximum absolute atomic E-state index is 13.3. The third-order valence-electron chi connectivity index (χ3n) is 3.84. The van der Waals surface area contributed by atoms with Crippen LogP contribution in [0.3, 0.4) is 0 Å². The average Bonchev–Trinajstić information content (AvgIpc) is 2.75. The van der Waals surface area contributed by atoms with Crippen molar-refractivity contribution in [3.05, 3.63) is 64.7 Å². The van der Waals surface area contributed by atoms with Gasteiger partial charge in [-0.25, -0.2) is 9.18 Å². The molecule has 3 rings (SSSR count). The number of benzene rings is 1. The lowest BCUT2D eigenvalue weighted by molar-refractivity contribution is -0.131. The smallest absolute Gasteiger partial charge is 0.319 e.